The first-order valence-corrected chi connectivity index (χ1v) is 7.21. The van der Waals surface area contributed by atoms with Gasteiger partial charge in [0.25, 0.3) is 0 Å². The summed E-state index contributed by atoms with van der Waals surface area (Å²) in [5.41, 5.74) is 4.54. The fraction of sp³-hybridized carbons (Fsp3) is 0.105. The Kier molecular flexibility index (Phi) is 2.70. The molecule has 0 radical (unpaired) electrons. The molecule has 2 aromatic carbocycles. The molecule has 0 saturated heterocycles. The normalized spacial score (nSPS) is 12.3. The summed E-state index contributed by atoms with van der Waals surface area (Å²) in [6.07, 6.45) is 1.86. The number of rotatable bonds is 3. The molecule has 0 unspecified atom stereocenters. The number of ketones is 1. The van der Waals surface area contributed by atoms with Gasteiger partial charge in [0, 0.05) is 28.6 Å². The van der Waals surface area contributed by atoms with Gasteiger partial charge in [-0.2, -0.15) is 0 Å². The minimum absolute atomic E-state index is 0.0721. The minimum Gasteiger partial charge on any atom is -0.497 e. The van der Waals surface area contributed by atoms with Gasteiger partial charge in [0.05, 0.1) is 18.4 Å². The Balaban J connectivity index is 2.11. The highest BCUT2D eigenvalue weighted by molar-refractivity contribution is 6.27. The molecule has 0 bridgehead atoms. The van der Waals surface area contributed by atoms with Gasteiger partial charge in [0.2, 0.25) is 0 Å². The molecule has 0 aliphatic heterocycles. The third kappa shape index (κ3) is 1.53. The van der Waals surface area contributed by atoms with E-state index in [1.165, 1.54) is 0 Å². The first-order valence-electron chi connectivity index (χ1n) is 7.21. The molecule has 108 valence electrons. The number of carbonyl (C=O) groups is 1. The van der Waals surface area contributed by atoms with Crippen LogP contribution >= 0.6 is 0 Å². The SMILES string of the molecule is C=CCn1c2c(c3ccccc31)C(=O)c1cc(OC)ccc1-2. The molecule has 0 N–H and O–H groups in total. The highest BCUT2D eigenvalue weighted by Crippen LogP contribution is 2.43. The van der Waals surface area contributed by atoms with Crippen molar-refractivity contribution in [1.82, 2.24) is 4.57 Å². The van der Waals surface area contributed by atoms with Gasteiger partial charge in [-0.1, -0.05) is 24.3 Å². The highest BCUT2D eigenvalue weighted by atomic mass is 16.5. The van der Waals surface area contributed by atoms with E-state index in [0.29, 0.717) is 17.9 Å². The number of allylic oxidation sites excluding steroid dienone is 1. The summed E-state index contributed by atoms with van der Waals surface area (Å²) in [5.74, 6) is 0.778. The minimum atomic E-state index is 0.0721. The van der Waals surface area contributed by atoms with E-state index in [0.717, 1.165) is 27.7 Å². The highest BCUT2D eigenvalue weighted by Gasteiger charge is 2.33. The lowest BCUT2D eigenvalue weighted by atomic mass is 10.1. The molecule has 4 rings (SSSR count). The molecule has 0 atom stereocenters. The number of hydrogen-bond donors (Lipinski definition) is 0. The van der Waals surface area contributed by atoms with E-state index in [1.807, 2.05) is 48.5 Å². The van der Waals surface area contributed by atoms with E-state index in [4.69, 9.17) is 4.74 Å². The Labute approximate surface area is 128 Å². The first kappa shape index (κ1) is 12.9. The van der Waals surface area contributed by atoms with E-state index in [2.05, 4.69) is 11.1 Å². The zero-order chi connectivity index (χ0) is 15.3. The predicted molar refractivity (Wildman–Crippen MR) is 87.6 cm³/mol. The molecular weight excluding hydrogens is 274 g/mol. The molecule has 0 amide bonds. The Morgan fingerprint density at radius 3 is 2.77 bits per heavy atom. The third-order valence-corrected chi connectivity index (χ3v) is 4.24. The van der Waals surface area contributed by atoms with Gasteiger partial charge < -0.3 is 9.30 Å². The summed E-state index contributed by atoms with van der Waals surface area (Å²) < 4.78 is 7.41. The van der Waals surface area contributed by atoms with Crippen LogP contribution in [0.2, 0.25) is 0 Å². The average Bonchev–Trinajstić information content (AvgIpc) is 3.03. The quantitative estimate of drug-likeness (QED) is 0.533. The number of hydrogen-bond acceptors (Lipinski definition) is 2. The van der Waals surface area contributed by atoms with Crippen molar-refractivity contribution in [2.24, 2.45) is 0 Å². The van der Waals surface area contributed by atoms with E-state index in [1.54, 1.807) is 7.11 Å². The zero-order valence-corrected chi connectivity index (χ0v) is 12.3. The van der Waals surface area contributed by atoms with Gasteiger partial charge in [-0.05, 0) is 24.3 Å². The summed E-state index contributed by atoms with van der Waals surface area (Å²) in [4.78, 5) is 12.9. The van der Waals surface area contributed by atoms with Crippen molar-refractivity contribution in [2.45, 2.75) is 6.54 Å². The van der Waals surface area contributed by atoms with Crippen LogP contribution in [-0.2, 0) is 6.54 Å². The first-order chi connectivity index (χ1) is 10.8. The Morgan fingerprint density at radius 2 is 2.00 bits per heavy atom. The smallest absolute Gasteiger partial charge is 0.196 e. The van der Waals surface area contributed by atoms with Crippen molar-refractivity contribution in [3.8, 4) is 17.0 Å². The second kappa shape index (κ2) is 4.60. The summed E-state index contributed by atoms with van der Waals surface area (Å²) in [7, 11) is 1.61. The topological polar surface area (TPSA) is 31.2 Å². The molecule has 3 aromatic rings. The van der Waals surface area contributed by atoms with Crippen LogP contribution in [0.25, 0.3) is 22.2 Å². The van der Waals surface area contributed by atoms with Crippen LogP contribution < -0.4 is 4.74 Å². The van der Waals surface area contributed by atoms with Gasteiger partial charge in [0.15, 0.2) is 5.78 Å². The van der Waals surface area contributed by atoms with Gasteiger partial charge >= 0.3 is 0 Å². The van der Waals surface area contributed by atoms with Crippen LogP contribution in [0.15, 0.2) is 55.1 Å². The number of nitrogens with zero attached hydrogens (tertiary/aromatic N) is 1. The molecule has 3 nitrogen and oxygen atoms in total. The standard InChI is InChI=1S/C19H15NO2/c1-3-10-20-16-7-5-4-6-14(16)17-18(20)13-9-8-12(22-2)11-15(13)19(17)21/h3-9,11H,1,10H2,2H3. The van der Waals surface area contributed by atoms with Crippen molar-refractivity contribution >= 4 is 16.7 Å². The number of para-hydroxylation sites is 1. The van der Waals surface area contributed by atoms with Crippen LogP contribution in [0.5, 0.6) is 5.75 Å². The van der Waals surface area contributed by atoms with Gasteiger partial charge in [-0.3, -0.25) is 4.79 Å². The molecule has 1 aromatic heterocycles. The van der Waals surface area contributed by atoms with E-state index in [9.17, 15) is 4.79 Å². The molecule has 0 spiro atoms. The molecule has 1 heterocycles. The van der Waals surface area contributed by atoms with E-state index >= 15 is 0 Å². The van der Waals surface area contributed by atoms with Gasteiger partial charge in [-0.25, -0.2) is 0 Å². The van der Waals surface area contributed by atoms with Crippen LogP contribution in [0.3, 0.4) is 0 Å². The van der Waals surface area contributed by atoms with Crippen LogP contribution in [0.1, 0.15) is 15.9 Å². The fourth-order valence-corrected chi connectivity index (χ4v) is 3.31. The lowest BCUT2D eigenvalue weighted by molar-refractivity contribution is 0.104. The number of carbonyl (C=O) groups excluding carboxylic acids is 1. The fourth-order valence-electron chi connectivity index (χ4n) is 3.31. The second-order valence-corrected chi connectivity index (χ2v) is 5.38. The van der Waals surface area contributed by atoms with E-state index < -0.39 is 0 Å². The average molecular weight is 289 g/mol. The molecular formula is C19H15NO2. The molecule has 1 aliphatic rings. The lowest BCUT2D eigenvalue weighted by Crippen LogP contribution is -1.98. The van der Waals surface area contributed by atoms with E-state index in [-0.39, 0.29) is 5.78 Å². The number of methoxy groups -OCH3 is 1. The predicted octanol–water partition coefficient (Wildman–Crippen LogP) is 4.05. The van der Waals surface area contributed by atoms with Gasteiger partial charge in [-0.15, -0.1) is 6.58 Å². The Hall–Kier alpha value is -2.81. The lowest BCUT2D eigenvalue weighted by Gasteiger charge is -2.09. The maximum Gasteiger partial charge on any atom is 0.196 e. The maximum atomic E-state index is 12.9. The number of ether oxygens (including phenoxy) is 1. The zero-order valence-electron chi connectivity index (χ0n) is 12.3. The van der Waals surface area contributed by atoms with Crippen LogP contribution in [-0.4, -0.2) is 17.5 Å². The van der Waals surface area contributed by atoms with Crippen molar-refractivity contribution in [2.75, 3.05) is 7.11 Å². The van der Waals surface area contributed by atoms with Crippen molar-refractivity contribution in [1.29, 1.82) is 0 Å². The molecule has 0 saturated carbocycles. The molecule has 3 heteroatoms. The Bertz CT molecular complexity index is 934. The Morgan fingerprint density at radius 1 is 1.18 bits per heavy atom. The largest absolute Gasteiger partial charge is 0.497 e. The maximum absolute atomic E-state index is 12.9. The van der Waals surface area contributed by atoms with Gasteiger partial charge in [0.1, 0.15) is 5.75 Å². The van der Waals surface area contributed by atoms with Crippen LogP contribution in [0.4, 0.5) is 0 Å². The number of aromatic nitrogens is 1. The summed E-state index contributed by atoms with van der Waals surface area (Å²) in [6.45, 7) is 4.52. The van der Waals surface area contributed by atoms with Crippen molar-refractivity contribution in [3.63, 3.8) is 0 Å². The van der Waals surface area contributed by atoms with Crippen molar-refractivity contribution < 1.29 is 9.53 Å². The number of fused-ring (bicyclic) bond motifs is 5. The summed E-state index contributed by atoms with van der Waals surface area (Å²) >= 11 is 0. The second-order valence-electron chi connectivity index (χ2n) is 5.38. The summed E-state index contributed by atoms with van der Waals surface area (Å²) in [5, 5.41) is 1.000. The van der Waals surface area contributed by atoms with Crippen LogP contribution in [0, 0.1) is 0 Å². The third-order valence-electron chi connectivity index (χ3n) is 4.24. The summed E-state index contributed by atoms with van der Waals surface area (Å²) in [6, 6.07) is 13.7. The molecule has 22 heavy (non-hydrogen) atoms. The molecule has 0 fully saturated rings. The van der Waals surface area contributed by atoms with Crippen molar-refractivity contribution in [3.05, 3.63) is 66.2 Å². The monoisotopic (exact) mass is 289 g/mol. The number of benzene rings is 2. The molecule has 1 aliphatic carbocycles.